The fourth-order valence-corrected chi connectivity index (χ4v) is 4.56. The van der Waals surface area contributed by atoms with Crippen molar-refractivity contribution in [2.75, 3.05) is 0 Å². The second-order valence-electron chi connectivity index (χ2n) is 9.48. The van der Waals surface area contributed by atoms with E-state index in [1.165, 1.54) is 89.2 Å². The maximum absolute atomic E-state index is 11.9. The van der Waals surface area contributed by atoms with Crippen LogP contribution in [0.5, 0.6) is 0 Å². The molecule has 1 rings (SSSR count). The van der Waals surface area contributed by atoms with Gasteiger partial charge >= 0.3 is 17.9 Å². The number of carbonyl (C=O) groups is 3. The van der Waals surface area contributed by atoms with Crippen LogP contribution in [0.3, 0.4) is 0 Å². The highest BCUT2D eigenvalue weighted by Gasteiger charge is 2.40. The van der Waals surface area contributed by atoms with Crippen molar-refractivity contribution in [1.29, 1.82) is 0 Å². The molecule has 0 fully saturated rings. The second-order valence-corrected chi connectivity index (χ2v) is 9.48. The smallest absolute Gasteiger partial charge is 0.332 e. The first kappa shape index (κ1) is 28.9. The molecule has 0 amide bonds. The average molecular weight is 465 g/mol. The molecule has 1 aliphatic rings. The predicted molar refractivity (Wildman–Crippen MR) is 130 cm³/mol. The largest absolute Gasteiger partial charge is 0.481 e. The number of aliphatic carboxylic acids is 3. The highest BCUT2D eigenvalue weighted by Crippen LogP contribution is 2.37. The first-order chi connectivity index (χ1) is 15.8. The van der Waals surface area contributed by atoms with Crippen molar-refractivity contribution in [3.8, 4) is 0 Å². The molecule has 1 aliphatic carbocycles. The van der Waals surface area contributed by atoms with Gasteiger partial charge in [-0.3, -0.25) is 9.59 Å². The van der Waals surface area contributed by atoms with Crippen molar-refractivity contribution in [3.63, 3.8) is 0 Å². The lowest BCUT2D eigenvalue weighted by Crippen LogP contribution is -2.33. The van der Waals surface area contributed by atoms with Gasteiger partial charge in [0.1, 0.15) is 11.3 Å². The maximum Gasteiger partial charge on any atom is 0.332 e. The monoisotopic (exact) mass is 464 g/mol. The Balaban J connectivity index is 2.18. The van der Waals surface area contributed by atoms with Crippen molar-refractivity contribution < 1.29 is 29.7 Å². The third-order valence-electron chi connectivity index (χ3n) is 6.69. The van der Waals surface area contributed by atoms with E-state index in [-0.39, 0.29) is 12.0 Å². The predicted octanol–water partition coefficient (Wildman–Crippen LogP) is 6.99. The first-order valence-electron chi connectivity index (χ1n) is 13.0. The SMILES string of the molecule is CCCCCCCCCCCCCCCCCCC1(C(=O)O)C=CC(C(=O)O)C(C(=O)O)=C1. The van der Waals surface area contributed by atoms with E-state index in [2.05, 4.69) is 6.92 Å². The zero-order chi connectivity index (χ0) is 24.5. The van der Waals surface area contributed by atoms with Gasteiger partial charge in [0.25, 0.3) is 0 Å². The summed E-state index contributed by atoms with van der Waals surface area (Å²) in [6.45, 7) is 2.25. The molecule has 0 radical (unpaired) electrons. The summed E-state index contributed by atoms with van der Waals surface area (Å²) in [6, 6.07) is 0. The summed E-state index contributed by atoms with van der Waals surface area (Å²) in [5.41, 5.74) is -1.81. The summed E-state index contributed by atoms with van der Waals surface area (Å²) in [4.78, 5) is 34.6. The van der Waals surface area contributed by atoms with Crippen molar-refractivity contribution in [3.05, 3.63) is 23.8 Å². The van der Waals surface area contributed by atoms with Crippen molar-refractivity contribution >= 4 is 17.9 Å². The van der Waals surface area contributed by atoms with Gasteiger partial charge in [0.2, 0.25) is 0 Å². The Labute approximate surface area is 199 Å². The lowest BCUT2D eigenvalue weighted by atomic mass is 9.74. The fraction of sp³-hybridized carbons (Fsp3) is 0.741. The van der Waals surface area contributed by atoms with Gasteiger partial charge in [-0.2, -0.15) is 0 Å². The molecule has 0 aromatic rings. The van der Waals surface area contributed by atoms with Crippen molar-refractivity contribution in [1.82, 2.24) is 0 Å². The summed E-state index contributed by atoms with van der Waals surface area (Å²) in [6.07, 6.45) is 23.6. The van der Waals surface area contributed by atoms with Crippen LogP contribution < -0.4 is 0 Å². The number of rotatable bonds is 20. The van der Waals surface area contributed by atoms with Crippen LogP contribution >= 0.6 is 0 Å². The van der Waals surface area contributed by atoms with E-state index in [1.807, 2.05) is 0 Å². The fourth-order valence-electron chi connectivity index (χ4n) is 4.56. The number of hydrogen-bond acceptors (Lipinski definition) is 3. The third kappa shape index (κ3) is 11.0. The highest BCUT2D eigenvalue weighted by molar-refractivity contribution is 5.97. The molecule has 0 bridgehead atoms. The number of carboxylic acid groups (broad SMARTS) is 3. The number of unbranched alkanes of at least 4 members (excludes halogenated alkanes) is 15. The molecular formula is C27H44O6. The maximum atomic E-state index is 11.9. The molecule has 6 heteroatoms. The Hall–Kier alpha value is -2.11. The van der Waals surface area contributed by atoms with Gasteiger partial charge in [0.05, 0.1) is 5.57 Å². The zero-order valence-electron chi connectivity index (χ0n) is 20.4. The summed E-state index contributed by atoms with van der Waals surface area (Å²) >= 11 is 0. The number of carboxylic acids is 3. The van der Waals surface area contributed by atoms with E-state index in [0.717, 1.165) is 25.3 Å². The lowest BCUT2D eigenvalue weighted by molar-refractivity contribution is -0.145. The van der Waals surface area contributed by atoms with E-state index >= 15 is 0 Å². The molecule has 0 heterocycles. The van der Waals surface area contributed by atoms with E-state index < -0.39 is 29.2 Å². The third-order valence-corrected chi connectivity index (χ3v) is 6.69. The van der Waals surface area contributed by atoms with Crippen LogP contribution in [0.15, 0.2) is 23.8 Å². The standard InChI is InChI=1S/C27H44O6/c1-2-3-4-5-6-7-8-9-10-11-12-13-14-15-16-17-19-27(26(32)33)20-18-22(24(28)29)23(21-27)25(30)31/h18,20-22H,2-17,19H2,1H3,(H,28,29)(H,30,31)(H,32,33). The molecule has 6 nitrogen and oxygen atoms in total. The van der Waals surface area contributed by atoms with Gasteiger partial charge in [0, 0.05) is 0 Å². The minimum absolute atomic E-state index is 0.278. The quantitative estimate of drug-likeness (QED) is 0.132. The molecule has 0 spiro atoms. The summed E-state index contributed by atoms with van der Waals surface area (Å²) in [5, 5.41) is 28.2. The second kappa shape index (κ2) is 16.5. The summed E-state index contributed by atoms with van der Waals surface area (Å²) in [5.74, 6) is -5.12. The minimum Gasteiger partial charge on any atom is -0.481 e. The van der Waals surface area contributed by atoms with Gasteiger partial charge in [-0.25, -0.2) is 4.79 Å². The van der Waals surface area contributed by atoms with Crippen LogP contribution in [-0.2, 0) is 14.4 Å². The van der Waals surface area contributed by atoms with Crippen LogP contribution in [0.25, 0.3) is 0 Å². The van der Waals surface area contributed by atoms with Crippen LogP contribution in [-0.4, -0.2) is 33.2 Å². The van der Waals surface area contributed by atoms with Crippen LogP contribution in [0.4, 0.5) is 0 Å². The lowest BCUT2D eigenvalue weighted by Gasteiger charge is -2.28. The Morgan fingerprint density at radius 1 is 0.727 bits per heavy atom. The zero-order valence-corrected chi connectivity index (χ0v) is 20.4. The van der Waals surface area contributed by atoms with Crippen molar-refractivity contribution in [2.24, 2.45) is 11.3 Å². The Bertz CT molecular complexity index is 666. The van der Waals surface area contributed by atoms with Gasteiger partial charge in [-0.05, 0) is 6.42 Å². The molecule has 2 atom stereocenters. The first-order valence-corrected chi connectivity index (χ1v) is 13.0. The molecule has 0 saturated carbocycles. The molecular weight excluding hydrogens is 420 g/mol. The molecule has 188 valence electrons. The molecule has 0 aromatic heterocycles. The topological polar surface area (TPSA) is 112 Å². The van der Waals surface area contributed by atoms with Gasteiger partial charge < -0.3 is 15.3 Å². The van der Waals surface area contributed by atoms with E-state index in [0.29, 0.717) is 6.42 Å². The van der Waals surface area contributed by atoms with Gasteiger partial charge in [-0.15, -0.1) is 0 Å². The van der Waals surface area contributed by atoms with Crippen molar-refractivity contribution in [2.45, 2.75) is 116 Å². The Morgan fingerprint density at radius 2 is 1.15 bits per heavy atom. The minimum atomic E-state index is -1.43. The van der Waals surface area contributed by atoms with E-state index in [4.69, 9.17) is 0 Å². The van der Waals surface area contributed by atoms with E-state index in [1.54, 1.807) is 0 Å². The van der Waals surface area contributed by atoms with Crippen LogP contribution in [0.2, 0.25) is 0 Å². The average Bonchev–Trinajstić information content (AvgIpc) is 2.78. The normalized spacial score (nSPS) is 19.9. The molecule has 3 N–H and O–H groups in total. The highest BCUT2D eigenvalue weighted by atomic mass is 16.4. The Morgan fingerprint density at radius 3 is 1.52 bits per heavy atom. The van der Waals surface area contributed by atoms with E-state index in [9.17, 15) is 29.7 Å². The molecule has 33 heavy (non-hydrogen) atoms. The molecule has 0 aliphatic heterocycles. The van der Waals surface area contributed by atoms with Gasteiger partial charge in [-0.1, -0.05) is 128 Å². The Kier molecular flexibility index (Phi) is 14.5. The van der Waals surface area contributed by atoms with Gasteiger partial charge in [0.15, 0.2) is 0 Å². The van der Waals surface area contributed by atoms with Crippen LogP contribution in [0.1, 0.15) is 116 Å². The number of hydrogen-bond donors (Lipinski definition) is 3. The molecule has 0 saturated heterocycles. The summed E-state index contributed by atoms with van der Waals surface area (Å²) < 4.78 is 0. The summed E-state index contributed by atoms with van der Waals surface area (Å²) in [7, 11) is 0. The molecule has 0 aromatic carbocycles. The molecule has 2 unspecified atom stereocenters. The van der Waals surface area contributed by atoms with Crippen LogP contribution in [0, 0.1) is 11.3 Å².